The summed E-state index contributed by atoms with van der Waals surface area (Å²) in [5, 5.41) is 12.2. The van der Waals surface area contributed by atoms with Gasteiger partial charge < -0.3 is 15.1 Å². The molecule has 0 amide bonds. The standard InChI is InChI=1S/C24H19BrN2O/c1-14-5-7-18-20(12-26-22(18)9-14)24(15-3-2-4-16(25)10-15)21-13-27-23-11-17(28)6-8-19(21)23/h2-13,24,26-28H,1H3. The minimum Gasteiger partial charge on any atom is -0.508 e. The number of hydrogen-bond acceptors (Lipinski definition) is 1. The van der Waals surface area contributed by atoms with Crippen molar-refractivity contribution in [1.82, 2.24) is 9.97 Å². The molecule has 2 aromatic heterocycles. The van der Waals surface area contributed by atoms with E-state index in [4.69, 9.17) is 0 Å². The second-order valence-electron chi connectivity index (χ2n) is 7.25. The predicted octanol–water partition coefficient (Wildman–Crippen LogP) is 6.61. The lowest BCUT2D eigenvalue weighted by Crippen LogP contribution is -2.02. The van der Waals surface area contributed by atoms with Crippen molar-refractivity contribution in [3.8, 4) is 5.75 Å². The molecule has 3 aromatic carbocycles. The van der Waals surface area contributed by atoms with Crippen LogP contribution >= 0.6 is 15.9 Å². The summed E-state index contributed by atoms with van der Waals surface area (Å²) < 4.78 is 1.06. The number of phenols is 1. The zero-order valence-electron chi connectivity index (χ0n) is 15.3. The van der Waals surface area contributed by atoms with Crippen LogP contribution in [0.5, 0.6) is 5.75 Å². The van der Waals surface area contributed by atoms with Gasteiger partial charge in [0.25, 0.3) is 0 Å². The molecule has 0 aliphatic heterocycles. The Morgan fingerprint density at radius 2 is 1.50 bits per heavy atom. The van der Waals surface area contributed by atoms with Gasteiger partial charge in [0.1, 0.15) is 5.75 Å². The predicted molar refractivity (Wildman–Crippen MR) is 118 cm³/mol. The Kier molecular flexibility index (Phi) is 4.02. The van der Waals surface area contributed by atoms with Crippen molar-refractivity contribution >= 4 is 37.7 Å². The van der Waals surface area contributed by atoms with Crippen molar-refractivity contribution in [3.63, 3.8) is 0 Å². The van der Waals surface area contributed by atoms with Crippen LogP contribution in [0.15, 0.2) is 77.5 Å². The summed E-state index contributed by atoms with van der Waals surface area (Å²) in [6.07, 6.45) is 4.18. The molecule has 3 nitrogen and oxygen atoms in total. The fourth-order valence-corrected chi connectivity index (χ4v) is 4.51. The van der Waals surface area contributed by atoms with Crippen molar-refractivity contribution < 1.29 is 5.11 Å². The number of hydrogen-bond donors (Lipinski definition) is 3. The van der Waals surface area contributed by atoms with Crippen molar-refractivity contribution in [2.45, 2.75) is 12.8 Å². The third kappa shape index (κ3) is 2.81. The van der Waals surface area contributed by atoms with Gasteiger partial charge in [0.05, 0.1) is 0 Å². The highest BCUT2D eigenvalue weighted by molar-refractivity contribution is 9.10. The summed E-state index contributed by atoms with van der Waals surface area (Å²) in [5.74, 6) is 0.328. The molecule has 0 aliphatic rings. The fourth-order valence-electron chi connectivity index (χ4n) is 4.09. The lowest BCUT2D eigenvalue weighted by molar-refractivity contribution is 0.476. The molecule has 28 heavy (non-hydrogen) atoms. The van der Waals surface area contributed by atoms with Crippen LogP contribution in [-0.2, 0) is 0 Å². The number of fused-ring (bicyclic) bond motifs is 2. The van der Waals surface area contributed by atoms with Gasteiger partial charge in [-0.15, -0.1) is 0 Å². The number of rotatable bonds is 3. The van der Waals surface area contributed by atoms with Crippen LogP contribution in [0.25, 0.3) is 21.8 Å². The monoisotopic (exact) mass is 430 g/mol. The Bertz CT molecular complexity index is 1230. The zero-order valence-corrected chi connectivity index (χ0v) is 16.9. The fraction of sp³-hybridized carbons (Fsp3) is 0.0833. The number of phenolic OH excluding ortho intramolecular Hbond substituents is 1. The Morgan fingerprint density at radius 3 is 2.21 bits per heavy atom. The average molecular weight is 431 g/mol. The molecule has 1 unspecified atom stereocenters. The molecule has 5 aromatic rings. The molecule has 0 spiro atoms. The van der Waals surface area contributed by atoms with Crippen LogP contribution in [-0.4, -0.2) is 15.1 Å². The first-order valence-corrected chi connectivity index (χ1v) is 10.0. The highest BCUT2D eigenvalue weighted by Crippen LogP contribution is 2.40. The van der Waals surface area contributed by atoms with Crippen LogP contribution < -0.4 is 0 Å². The van der Waals surface area contributed by atoms with Crippen molar-refractivity contribution in [1.29, 1.82) is 0 Å². The van der Waals surface area contributed by atoms with E-state index in [0.717, 1.165) is 20.9 Å². The van der Waals surface area contributed by atoms with Gasteiger partial charge in [0, 0.05) is 50.7 Å². The van der Waals surface area contributed by atoms with Crippen LogP contribution in [0.4, 0.5) is 0 Å². The molecular weight excluding hydrogens is 412 g/mol. The topological polar surface area (TPSA) is 51.8 Å². The molecule has 0 radical (unpaired) electrons. The number of aromatic amines is 2. The summed E-state index contributed by atoms with van der Waals surface area (Å²) in [7, 11) is 0. The maximum atomic E-state index is 9.85. The van der Waals surface area contributed by atoms with E-state index in [-0.39, 0.29) is 11.7 Å². The number of aromatic nitrogens is 2. The van der Waals surface area contributed by atoms with Crippen molar-refractivity contribution in [3.05, 3.63) is 99.8 Å². The van der Waals surface area contributed by atoms with Crippen LogP contribution in [0.1, 0.15) is 28.2 Å². The Labute approximate surface area is 171 Å². The highest BCUT2D eigenvalue weighted by atomic mass is 79.9. The van der Waals surface area contributed by atoms with Gasteiger partial charge >= 0.3 is 0 Å². The number of aryl methyl sites for hydroxylation is 1. The SMILES string of the molecule is Cc1ccc2c(C(c3cccc(Br)c3)c3c[nH]c4cc(O)ccc34)c[nH]c2c1. The van der Waals surface area contributed by atoms with E-state index in [2.05, 4.69) is 81.6 Å². The first kappa shape index (κ1) is 17.1. The molecular formula is C24H19BrN2O. The maximum Gasteiger partial charge on any atom is 0.117 e. The van der Waals surface area contributed by atoms with E-state index < -0.39 is 0 Å². The quantitative estimate of drug-likeness (QED) is 0.296. The smallest absolute Gasteiger partial charge is 0.117 e. The largest absolute Gasteiger partial charge is 0.508 e. The molecule has 0 saturated heterocycles. The molecule has 0 bridgehead atoms. The minimum absolute atomic E-state index is 0.0623. The molecule has 0 saturated carbocycles. The molecule has 4 heteroatoms. The lowest BCUT2D eigenvalue weighted by atomic mass is 9.85. The van der Waals surface area contributed by atoms with Gasteiger partial charge in [0.2, 0.25) is 0 Å². The third-order valence-corrected chi connectivity index (χ3v) is 5.86. The lowest BCUT2D eigenvalue weighted by Gasteiger charge is -2.18. The van der Waals surface area contributed by atoms with E-state index in [9.17, 15) is 5.11 Å². The molecule has 0 aliphatic carbocycles. The molecule has 0 fully saturated rings. The number of H-pyrrole nitrogens is 2. The third-order valence-electron chi connectivity index (χ3n) is 5.37. The van der Waals surface area contributed by atoms with Gasteiger partial charge in [-0.3, -0.25) is 0 Å². The van der Waals surface area contributed by atoms with Gasteiger partial charge in [-0.1, -0.05) is 40.2 Å². The van der Waals surface area contributed by atoms with Gasteiger partial charge in [-0.2, -0.15) is 0 Å². The van der Waals surface area contributed by atoms with Crippen molar-refractivity contribution in [2.24, 2.45) is 0 Å². The van der Waals surface area contributed by atoms with Crippen LogP contribution in [0.2, 0.25) is 0 Å². The normalized spacial score (nSPS) is 12.6. The second-order valence-corrected chi connectivity index (χ2v) is 8.17. The highest BCUT2D eigenvalue weighted by Gasteiger charge is 2.23. The van der Waals surface area contributed by atoms with E-state index in [1.807, 2.05) is 12.1 Å². The number of nitrogens with one attached hydrogen (secondary N) is 2. The minimum atomic E-state index is 0.0623. The molecule has 2 heterocycles. The van der Waals surface area contributed by atoms with E-state index in [1.54, 1.807) is 12.1 Å². The van der Waals surface area contributed by atoms with Crippen LogP contribution in [0.3, 0.4) is 0 Å². The second kappa shape index (κ2) is 6.57. The summed E-state index contributed by atoms with van der Waals surface area (Å²) in [6, 6.07) is 20.5. The summed E-state index contributed by atoms with van der Waals surface area (Å²) in [6.45, 7) is 2.11. The first-order chi connectivity index (χ1) is 13.6. The average Bonchev–Trinajstić information content (AvgIpc) is 3.26. The van der Waals surface area contributed by atoms with E-state index in [0.29, 0.717) is 0 Å². The molecule has 1 atom stereocenters. The molecule has 3 N–H and O–H groups in total. The summed E-state index contributed by atoms with van der Waals surface area (Å²) in [5.41, 5.74) is 6.96. The number of aromatic hydroxyl groups is 1. The number of halogens is 1. The van der Waals surface area contributed by atoms with Crippen LogP contribution in [0, 0.1) is 6.92 Å². The van der Waals surface area contributed by atoms with Gasteiger partial charge in [-0.25, -0.2) is 0 Å². The molecule has 5 rings (SSSR count). The van der Waals surface area contributed by atoms with E-state index >= 15 is 0 Å². The first-order valence-electron chi connectivity index (χ1n) is 9.23. The maximum absolute atomic E-state index is 9.85. The van der Waals surface area contributed by atoms with Gasteiger partial charge in [0.15, 0.2) is 0 Å². The Balaban J connectivity index is 1.79. The Morgan fingerprint density at radius 1 is 0.821 bits per heavy atom. The van der Waals surface area contributed by atoms with Gasteiger partial charge in [-0.05, 0) is 59.5 Å². The van der Waals surface area contributed by atoms with Crippen molar-refractivity contribution in [2.75, 3.05) is 0 Å². The zero-order chi connectivity index (χ0) is 19.3. The number of benzene rings is 3. The molecule has 138 valence electrons. The summed E-state index contributed by atoms with van der Waals surface area (Å²) >= 11 is 3.63. The Hall–Kier alpha value is -2.98. The summed E-state index contributed by atoms with van der Waals surface area (Å²) in [4.78, 5) is 6.78. The van der Waals surface area contributed by atoms with E-state index in [1.165, 1.54) is 27.6 Å².